The van der Waals surface area contributed by atoms with Crippen molar-refractivity contribution in [1.29, 1.82) is 0 Å². The zero-order valence-electron chi connectivity index (χ0n) is 15.1. The summed E-state index contributed by atoms with van der Waals surface area (Å²) in [5.41, 5.74) is 3.76. The number of aryl methyl sites for hydroxylation is 1. The van der Waals surface area contributed by atoms with Crippen LogP contribution in [0.2, 0.25) is 0 Å². The Kier molecular flexibility index (Phi) is 5.16. The lowest BCUT2D eigenvalue weighted by molar-refractivity contribution is 0.0764. The molecule has 0 unspecified atom stereocenters. The van der Waals surface area contributed by atoms with Crippen LogP contribution in [0.5, 0.6) is 11.5 Å². The number of benzene rings is 2. The van der Waals surface area contributed by atoms with Crippen LogP contribution in [0.4, 0.5) is 11.6 Å². The predicted octanol–water partition coefficient (Wildman–Crippen LogP) is 3.98. The average molecular weight is 363 g/mol. The number of nitrogens with one attached hydrogen (secondary N) is 1. The Bertz CT molecular complexity index is 930. The summed E-state index contributed by atoms with van der Waals surface area (Å²) in [5, 5.41) is 3.26. The standard InChI is InChI=1S/C21H21N3O3/c1-15-11-17-14-19(12-15)27-10-8-25-7-9-26-18-4-2-3-16(13-18)20-5-6-22-21(23-17)24-20/h2-6,11-14H,7-10H2,1H3,(H,22,23,24). The molecule has 0 spiro atoms. The third-order valence-corrected chi connectivity index (χ3v) is 4.09. The van der Waals surface area contributed by atoms with Crippen molar-refractivity contribution >= 4 is 11.6 Å². The first kappa shape index (κ1) is 17.3. The molecule has 1 N–H and O–H groups in total. The molecule has 1 aromatic heterocycles. The lowest BCUT2D eigenvalue weighted by atomic mass is 10.1. The molecule has 0 saturated heterocycles. The Morgan fingerprint density at radius 2 is 1.74 bits per heavy atom. The van der Waals surface area contributed by atoms with Crippen LogP contribution < -0.4 is 14.8 Å². The molecule has 2 aromatic carbocycles. The molecule has 0 aliphatic carbocycles. The Morgan fingerprint density at radius 1 is 0.889 bits per heavy atom. The minimum atomic E-state index is 0.477. The fourth-order valence-corrected chi connectivity index (χ4v) is 2.90. The second-order valence-corrected chi connectivity index (χ2v) is 6.26. The Balaban J connectivity index is 1.69. The van der Waals surface area contributed by atoms with Crippen molar-refractivity contribution in [3.63, 3.8) is 0 Å². The fraction of sp³-hybridized carbons (Fsp3) is 0.238. The van der Waals surface area contributed by atoms with E-state index in [0.29, 0.717) is 32.4 Å². The van der Waals surface area contributed by atoms with Crippen LogP contribution in [-0.2, 0) is 4.74 Å². The topological polar surface area (TPSA) is 65.5 Å². The van der Waals surface area contributed by atoms with Gasteiger partial charge >= 0.3 is 0 Å². The van der Waals surface area contributed by atoms with Gasteiger partial charge in [-0.25, -0.2) is 9.97 Å². The van der Waals surface area contributed by atoms with Crippen LogP contribution in [0.25, 0.3) is 11.3 Å². The maximum Gasteiger partial charge on any atom is 0.227 e. The van der Waals surface area contributed by atoms with Crippen LogP contribution >= 0.6 is 0 Å². The van der Waals surface area contributed by atoms with Crippen LogP contribution in [0.1, 0.15) is 5.56 Å². The maximum absolute atomic E-state index is 5.80. The summed E-state index contributed by atoms with van der Waals surface area (Å²) in [5.74, 6) is 2.10. The molecule has 0 radical (unpaired) electrons. The number of fused-ring (bicyclic) bond motifs is 7. The zero-order chi connectivity index (χ0) is 18.5. The second kappa shape index (κ2) is 8.05. The van der Waals surface area contributed by atoms with E-state index in [1.807, 2.05) is 55.5 Å². The summed E-state index contributed by atoms with van der Waals surface area (Å²) < 4.78 is 17.2. The van der Waals surface area contributed by atoms with E-state index in [0.717, 1.165) is 34.0 Å². The molecule has 6 nitrogen and oxygen atoms in total. The summed E-state index contributed by atoms with van der Waals surface area (Å²) >= 11 is 0. The summed E-state index contributed by atoms with van der Waals surface area (Å²) in [6.45, 7) is 3.99. The number of hydrogen-bond acceptors (Lipinski definition) is 6. The van der Waals surface area contributed by atoms with Gasteiger partial charge in [-0.1, -0.05) is 12.1 Å². The number of anilines is 2. The lowest BCUT2D eigenvalue weighted by Gasteiger charge is -2.11. The van der Waals surface area contributed by atoms with E-state index in [4.69, 9.17) is 14.2 Å². The molecule has 2 heterocycles. The Hall–Kier alpha value is -3.12. The van der Waals surface area contributed by atoms with Crippen LogP contribution in [0, 0.1) is 6.92 Å². The lowest BCUT2D eigenvalue weighted by Crippen LogP contribution is -2.12. The maximum atomic E-state index is 5.80. The highest BCUT2D eigenvalue weighted by molar-refractivity contribution is 5.64. The van der Waals surface area contributed by atoms with E-state index < -0.39 is 0 Å². The highest BCUT2D eigenvalue weighted by Crippen LogP contribution is 2.26. The Morgan fingerprint density at radius 3 is 2.63 bits per heavy atom. The molecule has 4 rings (SSSR count). The number of aromatic nitrogens is 2. The fourth-order valence-electron chi connectivity index (χ4n) is 2.90. The van der Waals surface area contributed by atoms with Gasteiger partial charge in [0.25, 0.3) is 0 Å². The summed E-state index contributed by atoms with van der Waals surface area (Å²) in [4.78, 5) is 8.97. The summed E-state index contributed by atoms with van der Waals surface area (Å²) in [6.07, 6.45) is 1.74. The SMILES string of the molecule is Cc1cc2cc(c1)OCCOCCOc1cccc(c1)-c1ccnc(n1)N2. The van der Waals surface area contributed by atoms with E-state index in [9.17, 15) is 0 Å². The van der Waals surface area contributed by atoms with Crippen molar-refractivity contribution in [1.82, 2.24) is 9.97 Å². The quantitative estimate of drug-likeness (QED) is 0.652. The molecule has 6 heteroatoms. The van der Waals surface area contributed by atoms with Gasteiger partial charge in [0.15, 0.2) is 0 Å². The predicted molar refractivity (Wildman–Crippen MR) is 104 cm³/mol. The van der Waals surface area contributed by atoms with Gasteiger partial charge < -0.3 is 19.5 Å². The van der Waals surface area contributed by atoms with Gasteiger partial charge in [-0.05, 0) is 42.8 Å². The number of hydrogen-bond donors (Lipinski definition) is 1. The van der Waals surface area contributed by atoms with Crippen molar-refractivity contribution in [2.45, 2.75) is 6.92 Å². The minimum Gasteiger partial charge on any atom is -0.491 e. The molecule has 1 aliphatic heterocycles. The number of rotatable bonds is 0. The average Bonchev–Trinajstić information content (AvgIpc) is 2.67. The van der Waals surface area contributed by atoms with E-state index in [1.54, 1.807) is 6.20 Å². The first-order valence-corrected chi connectivity index (χ1v) is 8.92. The summed E-state index contributed by atoms with van der Waals surface area (Å²) in [7, 11) is 0. The molecule has 138 valence electrons. The van der Waals surface area contributed by atoms with Crippen molar-refractivity contribution in [2.75, 3.05) is 31.7 Å². The molecule has 6 bridgehead atoms. The zero-order valence-corrected chi connectivity index (χ0v) is 15.1. The van der Waals surface area contributed by atoms with Gasteiger partial charge in [0, 0.05) is 23.5 Å². The molecule has 0 saturated carbocycles. The minimum absolute atomic E-state index is 0.477. The highest BCUT2D eigenvalue weighted by atomic mass is 16.5. The van der Waals surface area contributed by atoms with Crippen molar-refractivity contribution in [2.24, 2.45) is 0 Å². The van der Waals surface area contributed by atoms with Gasteiger partial charge in [-0.15, -0.1) is 0 Å². The molecule has 0 atom stereocenters. The van der Waals surface area contributed by atoms with E-state index in [1.165, 1.54) is 0 Å². The van der Waals surface area contributed by atoms with Gasteiger partial charge in [0.05, 0.1) is 18.9 Å². The normalized spacial score (nSPS) is 14.3. The number of ether oxygens (including phenoxy) is 3. The second-order valence-electron chi connectivity index (χ2n) is 6.26. The van der Waals surface area contributed by atoms with E-state index in [2.05, 4.69) is 15.3 Å². The van der Waals surface area contributed by atoms with Crippen LogP contribution in [0.3, 0.4) is 0 Å². The van der Waals surface area contributed by atoms with E-state index in [-0.39, 0.29) is 0 Å². The van der Waals surface area contributed by atoms with Gasteiger partial charge in [0.2, 0.25) is 5.95 Å². The molecule has 1 aliphatic rings. The molecular weight excluding hydrogens is 342 g/mol. The highest BCUT2D eigenvalue weighted by Gasteiger charge is 2.07. The van der Waals surface area contributed by atoms with Crippen molar-refractivity contribution in [3.8, 4) is 22.8 Å². The molecule has 3 aromatic rings. The smallest absolute Gasteiger partial charge is 0.227 e. The number of nitrogens with zero attached hydrogens (tertiary/aromatic N) is 2. The molecule has 0 amide bonds. The van der Waals surface area contributed by atoms with Gasteiger partial charge in [-0.2, -0.15) is 0 Å². The van der Waals surface area contributed by atoms with Crippen molar-refractivity contribution in [3.05, 3.63) is 60.3 Å². The molecular formula is C21H21N3O3. The first-order chi connectivity index (χ1) is 13.3. The van der Waals surface area contributed by atoms with Gasteiger partial charge in [-0.3, -0.25) is 0 Å². The van der Waals surface area contributed by atoms with Crippen LogP contribution in [-0.4, -0.2) is 36.4 Å². The van der Waals surface area contributed by atoms with Crippen molar-refractivity contribution < 1.29 is 14.2 Å². The van der Waals surface area contributed by atoms with Crippen LogP contribution in [0.15, 0.2) is 54.7 Å². The monoisotopic (exact) mass is 363 g/mol. The Labute approximate surface area is 158 Å². The molecule has 0 fully saturated rings. The third-order valence-electron chi connectivity index (χ3n) is 4.09. The third kappa shape index (κ3) is 4.54. The first-order valence-electron chi connectivity index (χ1n) is 8.92. The van der Waals surface area contributed by atoms with Gasteiger partial charge in [0.1, 0.15) is 24.7 Å². The summed E-state index contributed by atoms with van der Waals surface area (Å²) in [6, 6.07) is 15.7. The largest absolute Gasteiger partial charge is 0.491 e. The molecule has 27 heavy (non-hydrogen) atoms. The van der Waals surface area contributed by atoms with E-state index >= 15 is 0 Å².